The molecule has 1 aliphatic heterocycles. The highest BCUT2D eigenvalue weighted by molar-refractivity contribution is 8.05. The lowest BCUT2D eigenvalue weighted by molar-refractivity contribution is 0.0998. The molecular weight excluding hydrogens is 702 g/mol. The Morgan fingerprint density at radius 1 is 0.941 bits per heavy atom. The van der Waals surface area contributed by atoms with Crippen molar-refractivity contribution < 1.29 is 35.6 Å². The molecule has 4 aromatic carbocycles. The number of urea groups is 1. The number of amides is 3. The molecule has 5 rings (SSSR count). The molecule has 0 aliphatic carbocycles. The summed E-state index contributed by atoms with van der Waals surface area (Å²) in [6.45, 7) is 2.01. The van der Waals surface area contributed by atoms with Crippen molar-refractivity contribution in [2.75, 3.05) is 39.0 Å². The van der Waals surface area contributed by atoms with E-state index in [1.54, 1.807) is 17.0 Å². The van der Waals surface area contributed by atoms with E-state index in [1.165, 1.54) is 30.3 Å². The van der Waals surface area contributed by atoms with Crippen molar-refractivity contribution in [3.63, 3.8) is 0 Å². The number of anilines is 4. The first kappa shape index (κ1) is 36.8. The van der Waals surface area contributed by atoms with Crippen LogP contribution in [0.25, 0.3) is 0 Å². The van der Waals surface area contributed by atoms with Crippen molar-refractivity contribution in [3.05, 3.63) is 108 Å². The fraction of sp³-hybridized carbons (Fsp3) is 0.206. The number of piperidine rings is 1. The Bertz CT molecular complexity index is 2130. The van der Waals surface area contributed by atoms with Crippen LogP contribution in [-0.4, -0.2) is 64.6 Å². The van der Waals surface area contributed by atoms with E-state index in [2.05, 4.69) is 19.7 Å². The maximum Gasteiger partial charge on any atom is 0.326 e. The summed E-state index contributed by atoms with van der Waals surface area (Å²) in [5.41, 5.74) is 7.40. The highest BCUT2D eigenvalue weighted by Gasteiger charge is 2.29. The van der Waals surface area contributed by atoms with Gasteiger partial charge in [0.2, 0.25) is 10.0 Å². The van der Waals surface area contributed by atoms with Crippen LogP contribution in [0.1, 0.15) is 28.8 Å². The molecule has 51 heavy (non-hydrogen) atoms. The van der Waals surface area contributed by atoms with E-state index in [-0.39, 0.29) is 40.0 Å². The van der Waals surface area contributed by atoms with Crippen LogP contribution in [0, 0.1) is 11.2 Å². The molecule has 1 fully saturated rings. The molecule has 17 heteroatoms. The van der Waals surface area contributed by atoms with E-state index in [9.17, 15) is 30.8 Å². The van der Waals surface area contributed by atoms with Gasteiger partial charge in [-0.25, -0.2) is 26.0 Å². The highest BCUT2D eigenvalue weighted by Crippen LogP contribution is 2.30. The summed E-state index contributed by atoms with van der Waals surface area (Å²) >= 11 is 0. The van der Waals surface area contributed by atoms with Gasteiger partial charge in [-0.3, -0.25) is 29.4 Å². The predicted molar refractivity (Wildman–Crippen MR) is 194 cm³/mol. The van der Waals surface area contributed by atoms with Crippen molar-refractivity contribution in [1.29, 1.82) is 5.41 Å². The molecular formula is C34H36FN7O7S2. The molecule has 14 nitrogen and oxygen atoms in total. The summed E-state index contributed by atoms with van der Waals surface area (Å²) < 4.78 is 71.1. The molecule has 0 radical (unpaired) electrons. The summed E-state index contributed by atoms with van der Waals surface area (Å²) in [4.78, 5) is 29.7. The van der Waals surface area contributed by atoms with Crippen molar-refractivity contribution in [2.45, 2.75) is 25.4 Å². The molecule has 6 N–H and O–H groups in total. The van der Waals surface area contributed by atoms with Gasteiger partial charge in [-0.2, -0.15) is 0 Å². The number of carbonyl (C=O) groups is 2. The van der Waals surface area contributed by atoms with E-state index < -0.39 is 37.8 Å². The van der Waals surface area contributed by atoms with Crippen LogP contribution in [0.3, 0.4) is 0 Å². The molecule has 0 saturated carbocycles. The Balaban J connectivity index is 1.22. The molecule has 1 aliphatic rings. The van der Waals surface area contributed by atoms with Crippen LogP contribution in [-0.2, 0) is 26.6 Å². The van der Waals surface area contributed by atoms with Crippen molar-refractivity contribution >= 4 is 60.3 Å². The first-order valence-electron chi connectivity index (χ1n) is 15.6. The minimum Gasteiger partial charge on any atom is -0.457 e. The zero-order valence-electron chi connectivity index (χ0n) is 27.4. The number of rotatable bonds is 13. The monoisotopic (exact) mass is 737 g/mol. The smallest absolute Gasteiger partial charge is 0.326 e. The van der Waals surface area contributed by atoms with Crippen LogP contribution in [0.15, 0.2) is 91.0 Å². The molecule has 3 amide bonds. The number of carbonyl (C=O) groups excluding carboxylic acids is 2. The van der Waals surface area contributed by atoms with Gasteiger partial charge in [0, 0.05) is 42.7 Å². The number of hydrogen-bond donors (Lipinski definition) is 5. The van der Waals surface area contributed by atoms with Crippen molar-refractivity contribution in [2.24, 2.45) is 5.73 Å². The van der Waals surface area contributed by atoms with Gasteiger partial charge >= 0.3 is 6.03 Å². The van der Waals surface area contributed by atoms with Gasteiger partial charge < -0.3 is 15.8 Å². The zero-order chi connectivity index (χ0) is 36.8. The molecule has 268 valence electrons. The first-order valence-corrected chi connectivity index (χ1v) is 19.0. The maximum atomic E-state index is 14.3. The van der Waals surface area contributed by atoms with Crippen LogP contribution in [0.5, 0.6) is 11.5 Å². The molecule has 4 aromatic rings. The first-order chi connectivity index (χ1) is 24.2. The number of primary amides is 1. The third-order valence-electron chi connectivity index (χ3n) is 7.91. The van der Waals surface area contributed by atoms with Crippen LogP contribution in [0.2, 0.25) is 0 Å². The second kappa shape index (κ2) is 15.6. The van der Waals surface area contributed by atoms with Gasteiger partial charge in [-0.05, 0) is 79.1 Å². The second-order valence-corrected chi connectivity index (χ2v) is 15.1. The Hall–Kier alpha value is -5.52. The number of sulfonamides is 2. The number of hydrogen-bond acceptors (Lipinski definition) is 9. The van der Waals surface area contributed by atoms with Crippen molar-refractivity contribution in [3.8, 4) is 11.5 Å². The van der Waals surface area contributed by atoms with Gasteiger partial charge in [-0.1, -0.05) is 30.3 Å². The molecule has 0 spiro atoms. The molecule has 1 saturated heterocycles. The molecule has 0 unspecified atom stereocenters. The second-order valence-electron chi connectivity index (χ2n) is 11.8. The summed E-state index contributed by atoms with van der Waals surface area (Å²) in [6.07, 6.45) is 2.24. The number of nitrogens with two attached hydrogens (primary N) is 1. The Morgan fingerprint density at radius 3 is 2.24 bits per heavy atom. The summed E-state index contributed by atoms with van der Waals surface area (Å²) in [6, 6.07) is 23.6. The Kier molecular flexibility index (Phi) is 11.2. The van der Waals surface area contributed by atoms with Crippen LogP contribution >= 0.6 is 0 Å². The lowest BCUT2D eigenvalue weighted by Gasteiger charge is -2.38. The third-order valence-corrected chi connectivity index (χ3v) is 9.33. The van der Waals surface area contributed by atoms with Gasteiger partial charge in [-0.15, -0.1) is 0 Å². The largest absolute Gasteiger partial charge is 0.457 e. The number of nitrogens with one attached hydrogen (secondary N) is 4. The van der Waals surface area contributed by atoms with E-state index >= 15 is 0 Å². The number of benzene rings is 4. The van der Waals surface area contributed by atoms with E-state index in [0.29, 0.717) is 43.9 Å². The fourth-order valence-electron chi connectivity index (χ4n) is 5.60. The SMILES string of the molecule is CS(=O)(=O)Nc1cc(NC(=O)N(c2ccccc2)C2CCN(Cc3ccc(Oc4ccc(NS(=O)(=O)C=N)cc4C(N)=O)cc3)CC2)ccc1F. The molecule has 0 bridgehead atoms. The van der Waals surface area contributed by atoms with E-state index in [0.717, 1.165) is 17.9 Å². The zero-order valence-corrected chi connectivity index (χ0v) is 29.0. The molecule has 0 aromatic heterocycles. The Morgan fingerprint density at radius 2 is 1.61 bits per heavy atom. The van der Waals surface area contributed by atoms with E-state index in [4.69, 9.17) is 15.9 Å². The minimum absolute atomic E-state index is 0.0447. The number of halogens is 1. The van der Waals surface area contributed by atoms with Gasteiger partial charge in [0.15, 0.2) is 0 Å². The lowest BCUT2D eigenvalue weighted by atomic mass is 10.0. The third kappa shape index (κ3) is 10.0. The van der Waals surface area contributed by atoms with Crippen LogP contribution in [0.4, 0.5) is 31.9 Å². The summed E-state index contributed by atoms with van der Waals surface area (Å²) in [7, 11) is -7.74. The fourth-order valence-corrected chi connectivity index (χ4v) is 6.67. The summed E-state index contributed by atoms with van der Waals surface area (Å²) in [5, 5.41) is 9.77. The molecule has 0 atom stereocenters. The average molecular weight is 738 g/mol. The number of para-hydroxylation sites is 1. The number of ether oxygens (including phenoxy) is 1. The van der Waals surface area contributed by atoms with Gasteiger partial charge in [0.25, 0.3) is 15.9 Å². The number of likely N-dealkylation sites (tertiary alicyclic amines) is 1. The van der Waals surface area contributed by atoms with Crippen LogP contribution < -0.4 is 30.1 Å². The predicted octanol–water partition coefficient (Wildman–Crippen LogP) is 5.14. The van der Waals surface area contributed by atoms with Crippen molar-refractivity contribution in [1.82, 2.24) is 4.90 Å². The minimum atomic E-state index is -4.00. The topological polar surface area (TPSA) is 204 Å². The van der Waals surface area contributed by atoms with Gasteiger partial charge in [0.1, 0.15) is 22.9 Å². The van der Waals surface area contributed by atoms with Gasteiger partial charge in [0.05, 0.1) is 17.5 Å². The van der Waals surface area contributed by atoms with E-state index in [1.807, 2.05) is 42.5 Å². The number of nitrogens with zero attached hydrogens (tertiary/aromatic N) is 2. The maximum absolute atomic E-state index is 14.3. The molecule has 1 heterocycles. The normalized spacial score (nSPS) is 13.9. The standard InChI is InChI=1S/C34H36FN7O7S2/c1-50(45,46)40-31-20-24(9-13-30(31)35)38-34(44)42(26-5-3-2-4-6-26)27-15-17-41(18-16-27)21-23-7-11-28(12-8-23)49-32-14-10-25(19-29(32)33(37)43)39-51(47,48)22-36/h2-14,19-20,22,27,36,39-40H,15-18,21H2,1H3,(H2,37,43)(H,38,44). The summed E-state index contributed by atoms with van der Waals surface area (Å²) in [5.74, 6) is -1.04. The highest BCUT2D eigenvalue weighted by atomic mass is 32.2. The quantitative estimate of drug-likeness (QED) is 0.0916. The Labute approximate surface area is 295 Å². The average Bonchev–Trinajstić information content (AvgIpc) is 3.08. The lowest BCUT2D eigenvalue weighted by Crippen LogP contribution is -2.49.